The van der Waals surface area contributed by atoms with Gasteiger partial charge in [-0.3, -0.25) is 9.97 Å². The topological polar surface area (TPSA) is 64.7 Å². The first-order valence-electron chi connectivity index (χ1n) is 15.7. The van der Waals surface area contributed by atoms with Gasteiger partial charge in [0.05, 0.1) is 26.7 Å². The SMILES string of the molecule is [2H]C([2H])([2H])c1nc2ccccc2c2c1oc1c(-c3ccccn3)[c-]ccc12.[2H]c1nc(-c2[c-]cc(C([2H])([2H])C)cc2)nc([2H])c1[2H].[Ir]. The molecule has 1 radical (unpaired) electrons. The monoisotopic (exact) mass is 693 g/mol. The summed E-state index contributed by atoms with van der Waals surface area (Å²) in [5.41, 5.74) is 3.82. The first kappa shape index (κ1) is 18.1. The second kappa shape index (κ2) is 11.6. The van der Waals surface area contributed by atoms with Crippen molar-refractivity contribution in [2.75, 3.05) is 0 Å². The van der Waals surface area contributed by atoms with Crippen molar-refractivity contribution in [3.63, 3.8) is 0 Å². The van der Waals surface area contributed by atoms with E-state index in [1.54, 1.807) is 18.3 Å². The van der Waals surface area contributed by atoms with Crippen LogP contribution in [0.5, 0.6) is 0 Å². The Morgan fingerprint density at radius 3 is 2.51 bits per heavy atom. The predicted octanol–water partition coefficient (Wildman–Crippen LogP) is 7.81. The third-order valence-corrected chi connectivity index (χ3v) is 5.97. The van der Waals surface area contributed by atoms with Gasteiger partial charge in [-0.1, -0.05) is 54.6 Å². The summed E-state index contributed by atoms with van der Waals surface area (Å²) >= 11 is 0. The number of nitrogens with zero attached hydrogens (tertiary/aromatic N) is 4. The third kappa shape index (κ3) is 5.22. The molecule has 193 valence electrons. The maximum Gasteiger partial charge on any atom is 0.142 e. The number of hydrogen-bond acceptors (Lipinski definition) is 5. The van der Waals surface area contributed by atoms with E-state index in [1.165, 1.54) is 13.0 Å². The molecule has 4 heterocycles. The number of hydrogen-bond donors (Lipinski definition) is 0. The minimum atomic E-state index is -2.38. The largest absolute Gasteiger partial charge is 0.499 e. The zero-order valence-electron chi connectivity index (χ0n) is 28.5. The first-order valence-corrected chi connectivity index (χ1v) is 11.7. The number of furan rings is 1. The van der Waals surface area contributed by atoms with Gasteiger partial charge in [0.2, 0.25) is 0 Å². The molecule has 3 aromatic carbocycles. The van der Waals surface area contributed by atoms with Gasteiger partial charge in [-0.25, -0.2) is 4.98 Å². The van der Waals surface area contributed by atoms with Crippen LogP contribution >= 0.6 is 0 Å². The molecule has 39 heavy (non-hydrogen) atoms. The molecule has 0 atom stereocenters. The van der Waals surface area contributed by atoms with E-state index in [2.05, 4.69) is 32.1 Å². The molecule has 7 rings (SSSR count). The molecule has 0 aliphatic rings. The van der Waals surface area contributed by atoms with Crippen LogP contribution in [-0.2, 0) is 26.5 Å². The van der Waals surface area contributed by atoms with Crippen LogP contribution in [0.25, 0.3) is 55.5 Å². The van der Waals surface area contributed by atoms with Crippen molar-refractivity contribution >= 4 is 32.8 Å². The molecule has 0 spiro atoms. The molecule has 0 amide bonds. The normalized spacial score (nSPS) is 14.4. The summed E-state index contributed by atoms with van der Waals surface area (Å²) in [6.07, 6.45) is -0.367. The maximum atomic E-state index is 7.91. The van der Waals surface area contributed by atoms with E-state index in [9.17, 15) is 0 Å². The number of fused-ring (bicyclic) bond motifs is 5. The van der Waals surface area contributed by atoms with Gasteiger partial charge >= 0.3 is 0 Å². The molecule has 0 aliphatic carbocycles. The van der Waals surface area contributed by atoms with Crippen LogP contribution in [0, 0.1) is 19.0 Å². The van der Waals surface area contributed by atoms with Gasteiger partial charge in [0.1, 0.15) is 5.58 Å². The van der Waals surface area contributed by atoms with Crippen molar-refractivity contribution < 1.29 is 35.5 Å². The Kier molecular flexibility index (Phi) is 5.41. The molecule has 5 nitrogen and oxygen atoms in total. The number of aryl methyl sites for hydroxylation is 2. The molecular formula is C33H24IrN4O-2. The van der Waals surface area contributed by atoms with Gasteiger partial charge in [0.25, 0.3) is 0 Å². The average Bonchev–Trinajstić information content (AvgIpc) is 3.43. The van der Waals surface area contributed by atoms with E-state index in [0.717, 1.165) is 21.9 Å². The molecule has 0 N–H and O–H groups in total. The van der Waals surface area contributed by atoms with E-state index in [1.807, 2.05) is 54.6 Å². The van der Waals surface area contributed by atoms with Crippen LogP contribution in [0.2, 0.25) is 0 Å². The Morgan fingerprint density at radius 2 is 1.77 bits per heavy atom. The van der Waals surface area contributed by atoms with Gasteiger partial charge in [-0.15, -0.1) is 53.6 Å². The molecule has 4 aromatic heterocycles. The molecule has 0 saturated carbocycles. The zero-order chi connectivity index (χ0) is 32.8. The zero-order valence-corrected chi connectivity index (χ0v) is 22.9. The van der Waals surface area contributed by atoms with Crippen molar-refractivity contribution in [1.82, 2.24) is 19.9 Å². The molecule has 7 aromatic rings. The molecule has 0 fully saturated rings. The Labute approximate surface area is 251 Å². The standard InChI is InChI=1S/C21H13N2O.C12H11N2.Ir/c1-13-20-19(14-7-2-3-11-18(14)23-13)16-9-6-8-15(21(16)24-20)17-10-4-5-12-22-17;1-2-10-4-6-11(7-5-10)12-13-8-3-9-14-12;/h2-7,9-12H,1H3;3-6,8-9H,2H2,1H3;/q2*-1;/i1D3;2D2,3D,8D,9D;. The maximum absolute atomic E-state index is 7.91. The van der Waals surface area contributed by atoms with Crippen molar-refractivity contribution in [2.24, 2.45) is 0 Å². The van der Waals surface area contributed by atoms with Gasteiger partial charge in [0, 0.05) is 56.3 Å². The first-order chi connectivity index (χ1) is 21.8. The second-order valence-electron chi connectivity index (χ2n) is 8.23. The van der Waals surface area contributed by atoms with E-state index >= 15 is 0 Å². The summed E-state index contributed by atoms with van der Waals surface area (Å²) in [5.74, 6) is 0.147. The summed E-state index contributed by atoms with van der Waals surface area (Å²) in [5, 5.41) is 2.44. The molecule has 0 saturated heterocycles. The smallest absolute Gasteiger partial charge is 0.142 e. The summed E-state index contributed by atoms with van der Waals surface area (Å²) in [7, 11) is 0. The summed E-state index contributed by atoms with van der Waals surface area (Å²) < 4.78 is 67.3. The summed E-state index contributed by atoms with van der Waals surface area (Å²) in [6.45, 7) is -0.934. The molecule has 0 bridgehead atoms. The Balaban J connectivity index is 0.000000192. The van der Waals surface area contributed by atoms with Crippen molar-refractivity contribution in [2.45, 2.75) is 20.1 Å². The molecule has 6 heteroatoms. The number of para-hydroxylation sites is 1. The van der Waals surface area contributed by atoms with Gasteiger partial charge in [0.15, 0.2) is 0 Å². The third-order valence-electron chi connectivity index (χ3n) is 5.97. The second-order valence-corrected chi connectivity index (χ2v) is 8.23. The number of pyridine rings is 2. The summed E-state index contributed by atoms with van der Waals surface area (Å²) in [6, 6.07) is 27.2. The summed E-state index contributed by atoms with van der Waals surface area (Å²) in [4.78, 5) is 16.4. The predicted molar refractivity (Wildman–Crippen MR) is 152 cm³/mol. The Morgan fingerprint density at radius 1 is 0.923 bits per heavy atom. The minimum Gasteiger partial charge on any atom is -0.499 e. The number of benzene rings is 3. The molecule has 0 aliphatic heterocycles. The van der Waals surface area contributed by atoms with Crippen molar-refractivity contribution in [3.8, 4) is 22.6 Å². The van der Waals surface area contributed by atoms with Gasteiger partial charge < -0.3 is 9.40 Å². The van der Waals surface area contributed by atoms with Crippen LogP contribution in [-0.4, -0.2) is 19.9 Å². The van der Waals surface area contributed by atoms with E-state index in [0.29, 0.717) is 33.4 Å². The Bertz CT molecular complexity index is 2190. The van der Waals surface area contributed by atoms with E-state index in [4.69, 9.17) is 15.4 Å². The fourth-order valence-electron chi connectivity index (χ4n) is 4.20. The van der Waals surface area contributed by atoms with Crippen LogP contribution < -0.4 is 0 Å². The van der Waals surface area contributed by atoms with Gasteiger partial charge in [-0.05, 0) is 30.7 Å². The Hall–Kier alpha value is -4.25. The van der Waals surface area contributed by atoms with Crippen molar-refractivity contribution in [3.05, 3.63) is 121 Å². The van der Waals surface area contributed by atoms with E-state index in [-0.39, 0.29) is 50.0 Å². The molecular weight excluding hydrogens is 661 g/mol. The minimum absolute atomic E-state index is 0. The van der Waals surface area contributed by atoms with Crippen LogP contribution in [0.4, 0.5) is 0 Å². The van der Waals surface area contributed by atoms with Crippen LogP contribution in [0.3, 0.4) is 0 Å². The fraction of sp³-hybridized carbons (Fsp3) is 0.0909. The average molecular weight is 693 g/mol. The number of rotatable bonds is 3. The quantitative estimate of drug-likeness (QED) is 0.177. The van der Waals surface area contributed by atoms with Crippen LogP contribution in [0.15, 0.2) is 102 Å². The fourth-order valence-corrected chi connectivity index (χ4v) is 4.20. The van der Waals surface area contributed by atoms with Crippen molar-refractivity contribution in [1.29, 1.82) is 0 Å². The van der Waals surface area contributed by atoms with Crippen LogP contribution in [0.1, 0.15) is 29.1 Å². The molecule has 0 unspecified atom stereocenters. The van der Waals surface area contributed by atoms with E-state index < -0.39 is 13.2 Å². The number of aromatic nitrogens is 4. The van der Waals surface area contributed by atoms with Gasteiger partial charge in [-0.2, -0.15) is 0 Å².